The van der Waals surface area contributed by atoms with Crippen LogP contribution in [0, 0.1) is 6.92 Å². The smallest absolute Gasteiger partial charge is 0.149 e. The molecule has 6 nitrogen and oxygen atoms in total. The zero-order valence-electron chi connectivity index (χ0n) is 13.3. The number of aryl methyl sites for hydroxylation is 3. The van der Waals surface area contributed by atoms with Gasteiger partial charge in [0.25, 0.3) is 0 Å². The van der Waals surface area contributed by atoms with Crippen LogP contribution in [0.3, 0.4) is 0 Å². The number of hydrogen-bond acceptors (Lipinski definition) is 5. The zero-order valence-corrected chi connectivity index (χ0v) is 13.3. The largest absolute Gasteiger partial charge is 0.388 e. The Kier molecular flexibility index (Phi) is 4.52. The summed E-state index contributed by atoms with van der Waals surface area (Å²) in [6.45, 7) is 2.14. The van der Waals surface area contributed by atoms with Gasteiger partial charge in [-0.15, -0.1) is 0 Å². The molecule has 2 heterocycles. The topological polar surface area (TPSA) is 78.5 Å². The SMILES string of the molecule is CNc1ccc(C)c(CCc2cc(Nc3cnccn3)[nH]n2)c1. The standard InChI is InChI=1S/C17H20N6/c1-12-3-5-14(18-2)9-13(12)4-6-15-10-16(23-22-15)21-17-11-19-7-8-20-17/h3,5,7-11,18H,4,6H2,1-2H3,(H2,20,21,22,23). The Bertz CT molecular complexity index is 766. The van der Waals surface area contributed by atoms with Gasteiger partial charge in [0.05, 0.1) is 11.9 Å². The maximum atomic E-state index is 4.35. The first-order valence-electron chi connectivity index (χ1n) is 7.59. The summed E-state index contributed by atoms with van der Waals surface area (Å²) in [5.41, 5.74) is 4.80. The van der Waals surface area contributed by atoms with E-state index in [-0.39, 0.29) is 0 Å². The molecule has 0 aliphatic heterocycles. The van der Waals surface area contributed by atoms with Crippen LogP contribution in [0.4, 0.5) is 17.3 Å². The van der Waals surface area contributed by atoms with Crippen molar-refractivity contribution in [1.82, 2.24) is 20.2 Å². The molecule has 3 N–H and O–H groups in total. The maximum Gasteiger partial charge on any atom is 0.149 e. The second-order valence-electron chi connectivity index (χ2n) is 5.38. The molecule has 0 bridgehead atoms. The number of H-pyrrole nitrogens is 1. The highest BCUT2D eigenvalue weighted by atomic mass is 15.2. The number of nitrogens with zero attached hydrogens (tertiary/aromatic N) is 3. The van der Waals surface area contributed by atoms with Crippen LogP contribution in [-0.4, -0.2) is 27.2 Å². The molecule has 2 aromatic heterocycles. The van der Waals surface area contributed by atoms with Crippen LogP contribution in [0.1, 0.15) is 16.8 Å². The lowest BCUT2D eigenvalue weighted by molar-refractivity contribution is 0.888. The van der Waals surface area contributed by atoms with E-state index in [1.165, 1.54) is 11.1 Å². The fraction of sp³-hybridized carbons (Fsp3) is 0.235. The Morgan fingerprint density at radius 1 is 1.13 bits per heavy atom. The van der Waals surface area contributed by atoms with Crippen LogP contribution >= 0.6 is 0 Å². The van der Waals surface area contributed by atoms with Gasteiger partial charge in [-0.05, 0) is 43.0 Å². The molecule has 0 aliphatic rings. The zero-order chi connectivity index (χ0) is 16.1. The fourth-order valence-electron chi connectivity index (χ4n) is 2.42. The summed E-state index contributed by atoms with van der Waals surface area (Å²) in [5.74, 6) is 1.52. The summed E-state index contributed by atoms with van der Waals surface area (Å²) >= 11 is 0. The van der Waals surface area contributed by atoms with Crippen molar-refractivity contribution in [3.8, 4) is 0 Å². The molecule has 3 aromatic rings. The van der Waals surface area contributed by atoms with Crippen LogP contribution in [0.2, 0.25) is 0 Å². The molecule has 0 saturated heterocycles. The average Bonchev–Trinajstić information content (AvgIpc) is 3.02. The van der Waals surface area contributed by atoms with Crippen molar-refractivity contribution in [2.75, 3.05) is 17.7 Å². The predicted octanol–water partition coefficient (Wildman–Crippen LogP) is 3.08. The lowest BCUT2D eigenvalue weighted by Crippen LogP contribution is -1.97. The van der Waals surface area contributed by atoms with Crippen molar-refractivity contribution in [2.24, 2.45) is 0 Å². The highest BCUT2D eigenvalue weighted by Crippen LogP contribution is 2.18. The first-order valence-corrected chi connectivity index (χ1v) is 7.59. The van der Waals surface area contributed by atoms with Gasteiger partial charge in [-0.2, -0.15) is 5.10 Å². The molecular formula is C17H20N6. The quantitative estimate of drug-likeness (QED) is 0.652. The molecular weight excluding hydrogens is 288 g/mol. The van der Waals surface area contributed by atoms with Gasteiger partial charge >= 0.3 is 0 Å². The highest BCUT2D eigenvalue weighted by Gasteiger charge is 2.05. The van der Waals surface area contributed by atoms with Gasteiger partial charge in [-0.25, -0.2) is 4.98 Å². The fourth-order valence-corrected chi connectivity index (χ4v) is 2.42. The van der Waals surface area contributed by atoms with Crippen molar-refractivity contribution in [1.29, 1.82) is 0 Å². The second-order valence-corrected chi connectivity index (χ2v) is 5.38. The molecule has 0 aliphatic carbocycles. The molecule has 118 valence electrons. The summed E-state index contributed by atoms with van der Waals surface area (Å²) in [7, 11) is 1.94. The Morgan fingerprint density at radius 3 is 2.83 bits per heavy atom. The molecule has 0 radical (unpaired) electrons. The average molecular weight is 308 g/mol. The van der Waals surface area contributed by atoms with Gasteiger partial charge in [0, 0.05) is 31.2 Å². The number of hydrogen-bond donors (Lipinski definition) is 3. The minimum absolute atomic E-state index is 0.695. The van der Waals surface area contributed by atoms with E-state index in [2.05, 4.69) is 55.9 Å². The lowest BCUT2D eigenvalue weighted by Gasteiger charge is -2.07. The monoisotopic (exact) mass is 308 g/mol. The molecule has 6 heteroatoms. The van der Waals surface area contributed by atoms with E-state index in [0.29, 0.717) is 5.82 Å². The highest BCUT2D eigenvalue weighted by molar-refractivity contribution is 5.51. The summed E-state index contributed by atoms with van der Waals surface area (Å²) in [4.78, 5) is 8.20. The number of rotatable bonds is 6. The normalized spacial score (nSPS) is 10.5. The minimum atomic E-state index is 0.695. The van der Waals surface area contributed by atoms with E-state index in [1.54, 1.807) is 18.6 Å². The van der Waals surface area contributed by atoms with E-state index in [0.717, 1.165) is 30.0 Å². The molecule has 3 rings (SSSR count). The van der Waals surface area contributed by atoms with E-state index in [4.69, 9.17) is 0 Å². The number of aromatic amines is 1. The van der Waals surface area contributed by atoms with Gasteiger partial charge in [-0.1, -0.05) is 6.07 Å². The molecule has 0 saturated carbocycles. The van der Waals surface area contributed by atoms with E-state index in [1.807, 2.05) is 13.1 Å². The number of benzene rings is 1. The van der Waals surface area contributed by atoms with E-state index < -0.39 is 0 Å². The molecule has 1 aromatic carbocycles. The first-order chi connectivity index (χ1) is 11.2. The summed E-state index contributed by atoms with van der Waals surface area (Å²) < 4.78 is 0. The van der Waals surface area contributed by atoms with Crippen LogP contribution < -0.4 is 10.6 Å². The third kappa shape index (κ3) is 3.85. The molecule has 0 spiro atoms. The van der Waals surface area contributed by atoms with Crippen molar-refractivity contribution < 1.29 is 0 Å². The number of nitrogens with one attached hydrogen (secondary N) is 3. The molecule has 0 fully saturated rings. The summed E-state index contributed by atoms with van der Waals surface area (Å²) in [6, 6.07) is 8.44. The van der Waals surface area contributed by atoms with Gasteiger partial charge in [0.15, 0.2) is 0 Å². The van der Waals surface area contributed by atoms with Crippen LogP contribution in [0.5, 0.6) is 0 Å². The molecule has 0 unspecified atom stereocenters. The van der Waals surface area contributed by atoms with Crippen molar-refractivity contribution in [3.05, 3.63) is 59.7 Å². The Hall–Kier alpha value is -2.89. The van der Waals surface area contributed by atoms with Crippen LogP contribution in [0.15, 0.2) is 42.9 Å². The van der Waals surface area contributed by atoms with Gasteiger partial charge in [0.2, 0.25) is 0 Å². The van der Waals surface area contributed by atoms with Crippen LogP contribution in [0.25, 0.3) is 0 Å². The summed E-state index contributed by atoms with van der Waals surface area (Å²) in [5, 5.41) is 13.7. The van der Waals surface area contributed by atoms with Crippen molar-refractivity contribution in [3.63, 3.8) is 0 Å². The molecule has 0 atom stereocenters. The van der Waals surface area contributed by atoms with E-state index >= 15 is 0 Å². The van der Waals surface area contributed by atoms with Crippen molar-refractivity contribution >= 4 is 17.3 Å². The van der Waals surface area contributed by atoms with Crippen molar-refractivity contribution in [2.45, 2.75) is 19.8 Å². The van der Waals surface area contributed by atoms with E-state index in [9.17, 15) is 0 Å². The lowest BCUT2D eigenvalue weighted by atomic mass is 10.0. The van der Waals surface area contributed by atoms with Gasteiger partial charge in [0.1, 0.15) is 11.6 Å². The number of aromatic nitrogens is 4. The first kappa shape index (κ1) is 15.0. The summed E-state index contributed by atoms with van der Waals surface area (Å²) in [6.07, 6.45) is 6.80. The van der Waals surface area contributed by atoms with Gasteiger partial charge in [-0.3, -0.25) is 10.1 Å². The Labute approximate surface area is 135 Å². The third-order valence-corrected chi connectivity index (χ3v) is 3.75. The maximum absolute atomic E-state index is 4.35. The Morgan fingerprint density at radius 2 is 2.04 bits per heavy atom. The molecule has 23 heavy (non-hydrogen) atoms. The number of anilines is 3. The third-order valence-electron chi connectivity index (χ3n) is 3.75. The Balaban J connectivity index is 1.63. The predicted molar refractivity (Wildman–Crippen MR) is 92.0 cm³/mol. The second kappa shape index (κ2) is 6.91. The molecule has 0 amide bonds. The minimum Gasteiger partial charge on any atom is -0.388 e. The van der Waals surface area contributed by atoms with Crippen LogP contribution in [-0.2, 0) is 12.8 Å². The van der Waals surface area contributed by atoms with Gasteiger partial charge < -0.3 is 10.6 Å².